The summed E-state index contributed by atoms with van der Waals surface area (Å²) >= 11 is 1.88. The van der Waals surface area contributed by atoms with Crippen LogP contribution in [-0.2, 0) is 5.41 Å². The fourth-order valence-electron chi connectivity index (χ4n) is 12.3. The summed E-state index contributed by atoms with van der Waals surface area (Å²) in [4.78, 5) is 2.46. The van der Waals surface area contributed by atoms with Crippen LogP contribution in [0.25, 0.3) is 97.7 Å². The molecule has 12 aromatic rings. The van der Waals surface area contributed by atoms with Crippen LogP contribution < -0.4 is 4.90 Å². The molecule has 0 aliphatic heterocycles. The SMILES string of the molecule is c1ccc2c(c1)-c1cccc3c(-c4ccc(N(c5ccc(-c6cccc7c6sc6ccccc67)cc5)c5ccc6c(c5)C5(c7ccccc7-c7ccccc75)c5ccccc5-6)cc4)ccc-2c13. The van der Waals surface area contributed by atoms with E-state index < -0.39 is 5.41 Å². The lowest BCUT2D eigenvalue weighted by atomic mass is 9.70. The lowest BCUT2D eigenvalue weighted by molar-refractivity contribution is 0.793. The van der Waals surface area contributed by atoms with Crippen molar-refractivity contribution < 1.29 is 0 Å². The van der Waals surface area contributed by atoms with Gasteiger partial charge in [-0.15, -0.1) is 11.3 Å². The van der Waals surface area contributed by atoms with Gasteiger partial charge in [-0.05, 0) is 142 Å². The molecule has 1 aromatic heterocycles. The third-order valence-electron chi connectivity index (χ3n) is 15.1. The van der Waals surface area contributed by atoms with Gasteiger partial charge in [0.25, 0.3) is 0 Å². The topological polar surface area (TPSA) is 3.24 Å². The van der Waals surface area contributed by atoms with E-state index in [1.165, 1.54) is 120 Å². The van der Waals surface area contributed by atoms with Gasteiger partial charge in [-0.2, -0.15) is 0 Å². The van der Waals surface area contributed by atoms with Crippen molar-refractivity contribution in [3.8, 4) is 66.8 Å². The number of anilines is 3. The standard InChI is InChI=1S/C65H39NS/c1-2-14-48-47(13-1)55-21-12-20-54-45(37-38-56(48)63(54)55)40-27-31-42(32-28-40)66(43-33-29-41(30-34-43)46-19-11-22-57-53-18-6-10-26-62(53)67-64(46)57)44-35-36-52-51-17-5-9-25-60(51)65(61(52)39-44)58-23-7-3-15-49(58)50-16-4-8-24-59(50)65/h1-39H. The van der Waals surface area contributed by atoms with Gasteiger partial charge in [0.2, 0.25) is 0 Å². The van der Waals surface area contributed by atoms with Crippen LogP contribution in [0, 0.1) is 0 Å². The van der Waals surface area contributed by atoms with Crippen molar-refractivity contribution in [2.24, 2.45) is 0 Å². The number of hydrogen-bond acceptors (Lipinski definition) is 2. The zero-order valence-corrected chi connectivity index (χ0v) is 37.2. The van der Waals surface area contributed by atoms with E-state index in [4.69, 9.17) is 0 Å². The van der Waals surface area contributed by atoms with Crippen LogP contribution in [0.3, 0.4) is 0 Å². The van der Waals surface area contributed by atoms with Gasteiger partial charge < -0.3 is 4.90 Å². The molecule has 11 aromatic carbocycles. The highest BCUT2D eigenvalue weighted by atomic mass is 32.1. The Kier molecular flexibility index (Phi) is 7.65. The Morgan fingerprint density at radius 3 is 1.36 bits per heavy atom. The van der Waals surface area contributed by atoms with Crippen LogP contribution >= 0.6 is 11.3 Å². The van der Waals surface area contributed by atoms with Crippen molar-refractivity contribution in [1.82, 2.24) is 0 Å². The first-order chi connectivity index (χ1) is 33.2. The van der Waals surface area contributed by atoms with Crippen molar-refractivity contribution in [1.29, 1.82) is 0 Å². The molecule has 0 bridgehead atoms. The van der Waals surface area contributed by atoms with Crippen molar-refractivity contribution in [3.63, 3.8) is 0 Å². The van der Waals surface area contributed by atoms with Crippen LogP contribution in [0.5, 0.6) is 0 Å². The summed E-state index contributed by atoms with van der Waals surface area (Å²) in [6, 6.07) is 88.7. The molecule has 0 fully saturated rings. The molecule has 1 spiro atoms. The molecule has 0 saturated heterocycles. The average molecular weight is 866 g/mol. The number of benzene rings is 11. The molecule has 3 aliphatic rings. The van der Waals surface area contributed by atoms with Gasteiger partial charge in [-0.1, -0.05) is 194 Å². The molecule has 15 rings (SSSR count). The molecule has 1 heterocycles. The zero-order valence-electron chi connectivity index (χ0n) is 36.4. The van der Waals surface area contributed by atoms with Gasteiger partial charge in [0.15, 0.2) is 0 Å². The van der Waals surface area contributed by atoms with Crippen molar-refractivity contribution in [2.75, 3.05) is 4.90 Å². The first kappa shape index (κ1) is 37.0. The molecule has 0 radical (unpaired) electrons. The van der Waals surface area contributed by atoms with Gasteiger partial charge in [0, 0.05) is 37.2 Å². The van der Waals surface area contributed by atoms with Crippen LogP contribution in [0.2, 0.25) is 0 Å². The second kappa shape index (κ2) is 13.9. The molecular formula is C65H39NS. The summed E-state index contributed by atoms with van der Waals surface area (Å²) in [5.74, 6) is 0. The van der Waals surface area contributed by atoms with E-state index in [0.717, 1.165) is 17.1 Å². The maximum atomic E-state index is 2.49. The number of fused-ring (bicyclic) bond motifs is 16. The molecule has 0 unspecified atom stereocenters. The fraction of sp³-hybridized carbons (Fsp3) is 0.0154. The molecule has 0 N–H and O–H groups in total. The van der Waals surface area contributed by atoms with E-state index in [-0.39, 0.29) is 0 Å². The second-order valence-electron chi connectivity index (χ2n) is 18.3. The number of thiophene rings is 1. The predicted octanol–water partition coefficient (Wildman–Crippen LogP) is 18.0. The summed E-state index contributed by atoms with van der Waals surface area (Å²) in [5, 5.41) is 5.28. The Morgan fingerprint density at radius 2 is 0.716 bits per heavy atom. The summed E-state index contributed by atoms with van der Waals surface area (Å²) in [6.07, 6.45) is 0. The van der Waals surface area contributed by atoms with E-state index in [0.29, 0.717) is 0 Å². The molecular weight excluding hydrogens is 827 g/mol. The van der Waals surface area contributed by atoms with Crippen molar-refractivity contribution >= 4 is 59.3 Å². The van der Waals surface area contributed by atoms with Gasteiger partial charge in [0.1, 0.15) is 0 Å². The van der Waals surface area contributed by atoms with Crippen molar-refractivity contribution in [3.05, 3.63) is 259 Å². The number of hydrogen-bond donors (Lipinski definition) is 0. The summed E-state index contributed by atoms with van der Waals surface area (Å²) in [5.41, 5.74) is 23.7. The summed E-state index contributed by atoms with van der Waals surface area (Å²) < 4.78 is 2.65. The first-order valence-corrected chi connectivity index (χ1v) is 24.1. The lowest BCUT2D eigenvalue weighted by Gasteiger charge is -2.32. The van der Waals surface area contributed by atoms with E-state index in [9.17, 15) is 0 Å². The molecule has 1 nitrogen and oxygen atoms in total. The highest BCUT2D eigenvalue weighted by Gasteiger charge is 2.51. The van der Waals surface area contributed by atoms with Gasteiger partial charge >= 0.3 is 0 Å². The molecule has 2 heteroatoms. The molecule has 310 valence electrons. The van der Waals surface area contributed by atoms with Crippen LogP contribution in [0.15, 0.2) is 237 Å². The largest absolute Gasteiger partial charge is 0.310 e. The monoisotopic (exact) mass is 865 g/mol. The van der Waals surface area contributed by atoms with Crippen LogP contribution in [0.4, 0.5) is 17.1 Å². The molecule has 0 amide bonds. The zero-order chi connectivity index (χ0) is 43.8. The smallest absolute Gasteiger partial charge is 0.0726 e. The van der Waals surface area contributed by atoms with Crippen LogP contribution in [0.1, 0.15) is 22.3 Å². The molecule has 3 aliphatic carbocycles. The summed E-state index contributed by atoms with van der Waals surface area (Å²) in [7, 11) is 0. The van der Waals surface area contributed by atoms with Gasteiger partial charge in [-0.25, -0.2) is 0 Å². The normalized spacial score (nSPS) is 13.2. The third-order valence-corrected chi connectivity index (χ3v) is 16.3. The minimum absolute atomic E-state index is 0.438. The van der Waals surface area contributed by atoms with E-state index in [1.54, 1.807) is 0 Å². The molecule has 0 saturated carbocycles. The Morgan fingerprint density at radius 1 is 0.284 bits per heavy atom. The lowest BCUT2D eigenvalue weighted by Crippen LogP contribution is -2.26. The minimum Gasteiger partial charge on any atom is -0.310 e. The summed E-state index contributed by atoms with van der Waals surface area (Å²) in [6.45, 7) is 0. The third kappa shape index (κ3) is 5.03. The first-order valence-electron chi connectivity index (χ1n) is 23.2. The van der Waals surface area contributed by atoms with Gasteiger partial charge in [-0.3, -0.25) is 0 Å². The minimum atomic E-state index is -0.438. The Labute approximate surface area is 393 Å². The predicted molar refractivity (Wildman–Crippen MR) is 283 cm³/mol. The fourth-order valence-corrected chi connectivity index (χ4v) is 13.5. The highest BCUT2D eigenvalue weighted by molar-refractivity contribution is 7.26. The number of rotatable bonds is 5. The highest BCUT2D eigenvalue weighted by Crippen LogP contribution is 2.63. The van der Waals surface area contributed by atoms with E-state index in [1.807, 2.05) is 11.3 Å². The van der Waals surface area contributed by atoms with Crippen molar-refractivity contribution in [2.45, 2.75) is 5.41 Å². The average Bonchev–Trinajstić information content (AvgIpc) is 4.12. The second-order valence-corrected chi connectivity index (χ2v) is 19.3. The van der Waals surface area contributed by atoms with Gasteiger partial charge in [0.05, 0.1) is 5.41 Å². The Balaban J connectivity index is 0.909. The van der Waals surface area contributed by atoms with E-state index in [2.05, 4.69) is 241 Å². The van der Waals surface area contributed by atoms with E-state index >= 15 is 0 Å². The molecule has 67 heavy (non-hydrogen) atoms. The maximum Gasteiger partial charge on any atom is 0.0726 e. The Hall–Kier alpha value is -8.30. The van der Waals surface area contributed by atoms with Crippen LogP contribution in [-0.4, -0.2) is 0 Å². The quantitative estimate of drug-likeness (QED) is 0.167. The number of nitrogens with zero attached hydrogens (tertiary/aromatic N) is 1. The Bertz CT molecular complexity index is 3950. The maximum absolute atomic E-state index is 2.49. The molecule has 0 atom stereocenters.